The number of hydrogen-bond donors (Lipinski definition) is 2. The predicted molar refractivity (Wildman–Crippen MR) is 168 cm³/mol. The summed E-state index contributed by atoms with van der Waals surface area (Å²) in [5.74, 6) is -2.31. The number of likely N-dealkylation sites (tertiary alicyclic amines) is 2. The van der Waals surface area contributed by atoms with Crippen molar-refractivity contribution in [2.45, 2.75) is 35.2 Å². The largest absolute Gasteiger partial charge is 0.477 e. The van der Waals surface area contributed by atoms with Crippen LogP contribution in [0.5, 0.6) is 0 Å². The van der Waals surface area contributed by atoms with Gasteiger partial charge in [-0.05, 0) is 36.6 Å². The minimum absolute atomic E-state index is 0.0504. The van der Waals surface area contributed by atoms with Crippen LogP contribution >= 0.6 is 58.3 Å². The highest BCUT2D eigenvalue weighted by atomic mass is 35.5. The minimum Gasteiger partial charge on any atom is -0.477 e. The van der Waals surface area contributed by atoms with E-state index < -0.39 is 35.3 Å². The van der Waals surface area contributed by atoms with Crippen LogP contribution in [0.3, 0.4) is 0 Å². The molecule has 4 aliphatic heterocycles. The van der Waals surface area contributed by atoms with Crippen LogP contribution in [-0.2, 0) is 23.9 Å². The molecule has 0 spiro atoms. The predicted octanol–water partition coefficient (Wildman–Crippen LogP) is 4.03. The maximum atomic E-state index is 13.3. The number of carboxylic acids is 1. The van der Waals surface area contributed by atoms with Gasteiger partial charge in [-0.25, -0.2) is 9.59 Å². The van der Waals surface area contributed by atoms with E-state index in [1.165, 1.54) is 23.9 Å². The van der Waals surface area contributed by atoms with Crippen molar-refractivity contribution in [3.63, 3.8) is 0 Å². The fourth-order valence-electron chi connectivity index (χ4n) is 5.44. The lowest BCUT2D eigenvalue weighted by atomic mass is 10.0. The number of benzene rings is 1. The van der Waals surface area contributed by atoms with E-state index >= 15 is 0 Å². The lowest BCUT2D eigenvalue weighted by molar-refractivity contribution is -0.150. The second-order valence-corrected chi connectivity index (χ2v) is 13.6. The van der Waals surface area contributed by atoms with Gasteiger partial charge in [-0.15, -0.1) is 23.5 Å². The van der Waals surface area contributed by atoms with Gasteiger partial charge in [0.05, 0.1) is 26.9 Å². The van der Waals surface area contributed by atoms with E-state index in [9.17, 15) is 29.1 Å². The summed E-state index contributed by atoms with van der Waals surface area (Å²) in [6, 6.07) is 1.96. The fourth-order valence-corrected chi connectivity index (χ4v) is 8.29. The highest BCUT2D eigenvalue weighted by molar-refractivity contribution is 8.00. The van der Waals surface area contributed by atoms with E-state index in [1.54, 1.807) is 21.9 Å². The molecule has 3 saturated heterocycles. The van der Waals surface area contributed by atoms with E-state index in [0.29, 0.717) is 58.6 Å². The molecule has 3 atom stereocenters. The smallest absolute Gasteiger partial charge is 0.410 e. The molecular formula is C28H27Cl3N4O7S2. The van der Waals surface area contributed by atoms with Crippen molar-refractivity contribution in [3.05, 3.63) is 62.8 Å². The molecule has 5 rings (SSSR count). The second kappa shape index (κ2) is 13.7. The number of halogens is 3. The van der Waals surface area contributed by atoms with Gasteiger partial charge in [0.15, 0.2) is 0 Å². The first kappa shape index (κ1) is 32.6. The summed E-state index contributed by atoms with van der Waals surface area (Å²) in [5.41, 5.74) is 0.603. The van der Waals surface area contributed by atoms with Gasteiger partial charge in [0.1, 0.15) is 23.7 Å². The Morgan fingerprint density at radius 1 is 1.16 bits per heavy atom. The van der Waals surface area contributed by atoms with Gasteiger partial charge < -0.3 is 25.0 Å². The number of carbonyl (C=O) groups excluding carboxylic acids is 4. The fraction of sp³-hybridized carbons (Fsp3) is 0.393. The Hall–Kier alpha value is -2.84. The van der Waals surface area contributed by atoms with Crippen LogP contribution in [0.25, 0.3) is 0 Å². The monoisotopic (exact) mass is 700 g/mol. The zero-order valence-electron chi connectivity index (χ0n) is 23.1. The van der Waals surface area contributed by atoms with Crippen molar-refractivity contribution < 1.29 is 33.8 Å². The number of carbonyl (C=O) groups is 5. The van der Waals surface area contributed by atoms with Crippen LogP contribution in [0.2, 0.25) is 15.1 Å². The minimum atomic E-state index is -1.29. The van der Waals surface area contributed by atoms with E-state index in [4.69, 9.17) is 39.5 Å². The number of hydrogen-bond acceptors (Lipinski definition) is 8. The molecule has 0 aromatic heterocycles. The molecule has 3 fully saturated rings. The van der Waals surface area contributed by atoms with Crippen LogP contribution in [-0.4, -0.2) is 105 Å². The van der Waals surface area contributed by atoms with Crippen molar-refractivity contribution >= 4 is 88.1 Å². The molecule has 0 saturated carbocycles. The SMILES string of the molecule is C=CCOC(=O)N1CC[C@@H](N2CC/C(=C\C3=C(C(=O)O)N4C(=O)[C@@H](NC(=O)CSc5cc(Cl)c(Cl)cc5Cl)[C@H]4SC3)C2=O)C1. The maximum Gasteiger partial charge on any atom is 0.410 e. The number of fused-ring (bicyclic) bond motifs is 1. The first-order valence-electron chi connectivity index (χ1n) is 13.5. The number of nitrogens with zero attached hydrogens (tertiary/aromatic N) is 3. The molecule has 4 heterocycles. The third-order valence-electron chi connectivity index (χ3n) is 7.54. The molecule has 16 heteroatoms. The molecule has 1 aromatic carbocycles. The number of carboxylic acid groups (broad SMARTS) is 1. The molecule has 0 unspecified atom stereocenters. The Balaban J connectivity index is 1.22. The average molecular weight is 702 g/mol. The van der Waals surface area contributed by atoms with Crippen molar-refractivity contribution in [3.8, 4) is 0 Å². The molecule has 0 bridgehead atoms. The second-order valence-electron chi connectivity index (χ2n) is 10.3. The van der Waals surface area contributed by atoms with Gasteiger partial charge in [-0.1, -0.05) is 47.5 Å². The van der Waals surface area contributed by atoms with Crippen LogP contribution in [0.4, 0.5) is 4.79 Å². The van der Waals surface area contributed by atoms with Crippen molar-refractivity contribution in [1.29, 1.82) is 0 Å². The third-order valence-corrected chi connectivity index (χ3v) is 11.0. The molecule has 0 aliphatic carbocycles. The summed E-state index contributed by atoms with van der Waals surface area (Å²) in [5, 5.41) is 13.0. The molecule has 4 aliphatic rings. The van der Waals surface area contributed by atoms with Crippen molar-refractivity contribution in [1.82, 2.24) is 20.0 Å². The number of rotatable bonds is 9. The summed E-state index contributed by atoms with van der Waals surface area (Å²) < 4.78 is 5.09. The molecule has 4 amide bonds. The van der Waals surface area contributed by atoms with Crippen LogP contribution in [0, 0.1) is 0 Å². The first-order chi connectivity index (χ1) is 21.0. The Kier molecular flexibility index (Phi) is 10.1. The Morgan fingerprint density at radius 3 is 2.64 bits per heavy atom. The van der Waals surface area contributed by atoms with E-state index in [2.05, 4.69) is 11.9 Å². The molecule has 44 heavy (non-hydrogen) atoms. The van der Waals surface area contributed by atoms with Gasteiger partial charge >= 0.3 is 12.1 Å². The van der Waals surface area contributed by atoms with E-state index in [1.807, 2.05) is 0 Å². The standard InChI is InChI=1S/C28H27Cl3N4O7S2/c1-2-7-42-28(41)33-5-4-16(11-33)34-6-3-14(24(34)37)8-15-12-44-26-22(25(38)35(26)23(15)27(39)40)32-21(36)13-43-20-10-18(30)17(29)9-19(20)31/h2,8-10,16,22,26H,1,3-7,11-13H2,(H,32,36)(H,39,40)/b14-8+/t16-,22-,26-/m1/s1. The number of aliphatic carboxylic acids is 1. The van der Waals surface area contributed by atoms with Gasteiger partial charge in [0.2, 0.25) is 11.8 Å². The summed E-state index contributed by atoms with van der Waals surface area (Å²) in [6.07, 6.45) is 3.62. The Morgan fingerprint density at radius 2 is 1.91 bits per heavy atom. The zero-order chi connectivity index (χ0) is 31.7. The zero-order valence-corrected chi connectivity index (χ0v) is 27.0. The molecular weight excluding hydrogens is 675 g/mol. The van der Waals surface area contributed by atoms with Crippen LogP contribution in [0.15, 0.2) is 52.6 Å². The number of nitrogens with one attached hydrogen (secondary N) is 1. The van der Waals surface area contributed by atoms with Gasteiger partial charge in [-0.2, -0.15) is 0 Å². The molecule has 1 aromatic rings. The lowest BCUT2D eigenvalue weighted by Crippen LogP contribution is -2.70. The highest BCUT2D eigenvalue weighted by Crippen LogP contribution is 2.42. The quantitative estimate of drug-likeness (QED) is 0.129. The number of allylic oxidation sites excluding steroid dienone is 1. The number of ether oxygens (including phenoxy) is 1. The summed E-state index contributed by atoms with van der Waals surface area (Å²) in [7, 11) is 0. The number of β-lactam (4-membered cyclic amide) rings is 1. The molecule has 0 radical (unpaired) electrons. The van der Waals surface area contributed by atoms with E-state index in [-0.39, 0.29) is 40.8 Å². The normalized spacial score (nSPS) is 24.0. The van der Waals surface area contributed by atoms with Crippen molar-refractivity contribution in [2.75, 3.05) is 37.7 Å². The Labute approximate surface area is 276 Å². The Bertz CT molecular complexity index is 1500. The van der Waals surface area contributed by atoms with E-state index in [0.717, 1.165) is 16.7 Å². The first-order valence-corrected chi connectivity index (χ1v) is 16.7. The van der Waals surface area contributed by atoms with Crippen LogP contribution < -0.4 is 5.32 Å². The van der Waals surface area contributed by atoms with Gasteiger partial charge in [-0.3, -0.25) is 19.3 Å². The summed E-state index contributed by atoms with van der Waals surface area (Å²) >= 11 is 20.6. The van der Waals surface area contributed by atoms with Crippen molar-refractivity contribution in [2.24, 2.45) is 0 Å². The molecule has 11 nitrogen and oxygen atoms in total. The topological polar surface area (TPSA) is 137 Å². The summed E-state index contributed by atoms with van der Waals surface area (Å²) in [4.78, 5) is 68.5. The molecule has 2 N–H and O–H groups in total. The number of thioether (sulfide) groups is 2. The molecule has 234 valence electrons. The van der Waals surface area contributed by atoms with Gasteiger partial charge in [0, 0.05) is 35.9 Å². The highest BCUT2D eigenvalue weighted by Gasteiger charge is 2.54. The summed E-state index contributed by atoms with van der Waals surface area (Å²) in [6.45, 7) is 4.89. The average Bonchev–Trinajstić information content (AvgIpc) is 3.62. The lowest BCUT2D eigenvalue weighted by Gasteiger charge is -2.49. The number of amides is 4. The van der Waals surface area contributed by atoms with Crippen LogP contribution in [0.1, 0.15) is 12.8 Å². The third kappa shape index (κ3) is 6.57. The maximum absolute atomic E-state index is 13.3. The van der Waals surface area contributed by atoms with Gasteiger partial charge in [0.25, 0.3) is 5.91 Å².